The molecule has 1 aliphatic rings. The zero-order valence-corrected chi connectivity index (χ0v) is 12.5. The van der Waals surface area contributed by atoms with Crippen molar-refractivity contribution in [2.24, 2.45) is 0 Å². The number of nitrogens with one attached hydrogen (secondary N) is 1. The number of amides is 2. The highest BCUT2D eigenvalue weighted by atomic mass is 19.4. The lowest BCUT2D eigenvalue weighted by molar-refractivity contribution is -0.175. The number of rotatable bonds is 3. The first-order valence-electron chi connectivity index (χ1n) is 7.24. The molecule has 1 saturated heterocycles. The number of benzene rings is 1. The molecular weight excluding hydrogens is 332 g/mol. The van der Waals surface area contributed by atoms with Gasteiger partial charge in [0, 0.05) is 19.0 Å². The number of carbonyl (C=O) groups excluding carboxylic acids is 2. The van der Waals surface area contributed by atoms with E-state index in [0.717, 1.165) is 0 Å². The fourth-order valence-corrected chi connectivity index (χ4v) is 2.78. The predicted octanol–water partition coefficient (Wildman–Crippen LogP) is 1.18. The third-order valence-corrected chi connectivity index (χ3v) is 3.97. The van der Waals surface area contributed by atoms with Crippen molar-refractivity contribution >= 4 is 11.8 Å². The van der Waals surface area contributed by atoms with Gasteiger partial charge in [-0.2, -0.15) is 13.2 Å². The average Bonchev–Trinajstić information content (AvgIpc) is 2.54. The molecule has 5 nitrogen and oxygen atoms in total. The fourth-order valence-electron chi connectivity index (χ4n) is 2.78. The minimum atomic E-state index is -5.05. The van der Waals surface area contributed by atoms with Crippen molar-refractivity contribution in [1.29, 1.82) is 0 Å². The highest BCUT2D eigenvalue weighted by Gasteiger charge is 2.42. The van der Waals surface area contributed by atoms with Gasteiger partial charge in [0.2, 0.25) is 5.91 Å². The maximum atomic E-state index is 13.0. The molecule has 2 amide bonds. The van der Waals surface area contributed by atoms with Crippen molar-refractivity contribution < 1.29 is 32.3 Å². The molecule has 0 spiro atoms. The molecule has 1 fully saturated rings. The number of piperidine rings is 1. The van der Waals surface area contributed by atoms with Crippen LogP contribution in [0, 0.1) is 5.82 Å². The number of likely N-dealkylation sites (tertiary alicyclic amines) is 1. The first-order valence-corrected chi connectivity index (χ1v) is 7.24. The van der Waals surface area contributed by atoms with Crippen LogP contribution >= 0.6 is 0 Å². The van der Waals surface area contributed by atoms with Gasteiger partial charge in [-0.15, -0.1) is 0 Å². The van der Waals surface area contributed by atoms with Crippen molar-refractivity contribution in [2.45, 2.75) is 24.6 Å². The van der Waals surface area contributed by atoms with E-state index in [1.807, 2.05) is 5.32 Å². The Hall–Kier alpha value is -2.16. The van der Waals surface area contributed by atoms with Gasteiger partial charge >= 0.3 is 12.1 Å². The Balaban J connectivity index is 2.22. The fraction of sp³-hybridized carbons (Fsp3) is 0.467. The summed E-state index contributed by atoms with van der Waals surface area (Å²) in [5, 5.41) is 10.8. The van der Waals surface area contributed by atoms with Gasteiger partial charge < -0.3 is 15.3 Å². The van der Waals surface area contributed by atoms with Crippen LogP contribution < -0.4 is 5.32 Å². The van der Waals surface area contributed by atoms with Gasteiger partial charge in [0.25, 0.3) is 0 Å². The minimum absolute atomic E-state index is 0.163. The summed E-state index contributed by atoms with van der Waals surface area (Å²) in [6.07, 6.45) is -4.77. The summed E-state index contributed by atoms with van der Waals surface area (Å²) < 4.78 is 50.6. The first kappa shape index (κ1) is 18.2. The zero-order valence-electron chi connectivity index (χ0n) is 12.5. The Morgan fingerprint density at radius 3 is 2.42 bits per heavy atom. The van der Waals surface area contributed by atoms with Gasteiger partial charge in [-0.25, -0.2) is 4.39 Å². The number of carbonyl (C=O) groups is 2. The minimum Gasteiger partial charge on any atom is -0.387 e. The second kappa shape index (κ2) is 7.16. The molecule has 0 bridgehead atoms. The molecule has 1 aromatic carbocycles. The summed E-state index contributed by atoms with van der Waals surface area (Å²) in [5.74, 6) is -3.71. The Morgan fingerprint density at radius 2 is 1.88 bits per heavy atom. The van der Waals surface area contributed by atoms with E-state index >= 15 is 0 Å². The lowest BCUT2D eigenvalue weighted by atomic mass is 9.85. The third-order valence-electron chi connectivity index (χ3n) is 3.97. The van der Waals surface area contributed by atoms with Crippen molar-refractivity contribution in [3.8, 4) is 0 Å². The van der Waals surface area contributed by atoms with Crippen molar-refractivity contribution in [3.05, 3.63) is 35.6 Å². The Bertz CT molecular complexity index is 604. The molecule has 0 radical (unpaired) electrons. The van der Waals surface area contributed by atoms with Gasteiger partial charge in [0.05, 0.1) is 6.04 Å². The second-order valence-electron chi connectivity index (χ2n) is 5.52. The topological polar surface area (TPSA) is 69.6 Å². The van der Waals surface area contributed by atoms with Gasteiger partial charge in [0.15, 0.2) is 0 Å². The SMILES string of the molecule is O=C(CO)N1CC[C@H](c2ccc(F)cc2)[C@H](NC(=O)C(F)(F)F)C1. The van der Waals surface area contributed by atoms with E-state index in [1.165, 1.54) is 29.2 Å². The van der Waals surface area contributed by atoms with Crippen LogP contribution in [0.15, 0.2) is 24.3 Å². The highest BCUT2D eigenvalue weighted by Crippen LogP contribution is 2.29. The predicted molar refractivity (Wildman–Crippen MR) is 75.4 cm³/mol. The quantitative estimate of drug-likeness (QED) is 0.806. The highest BCUT2D eigenvalue weighted by molar-refractivity contribution is 5.82. The molecule has 0 unspecified atom stereocenters. The molecule has 1 aliphatic heterocycles. The molecule has 2 rings (SSSR count). The van der Waals surface area contributed by atoms with Crippen molar-refractivity contribution in [1.82, 2.24) is 10.2 Å². The smallest absolute Gasteiger partial charge is 0.387 e. The summed E-state index contributed by atoms with van der Waals surface area (Å²) in [6, 6.07) is 4.26. The Morgan fingerprint density at radius 1 is 1.25 bits per heavy atom. The maximum absolute atomic E-state index is 13.0. The van der Waals surface area contributed by atoms with Gasteiger partial charge in [-0.1, -0.05) is 12.1 Å². The van der Waals surface area contributed by atoms with Crippen LogP contribution in [0.3, 0.4) is 0 Å². The van der Waals surface area contributed by atoms with E-state index < -0.39 is 42.4 Å². The molecule has 0 aromatic heterocycles. The summed E-state index contributed by atoms with van der Waals surface area (Å²) in [6.45, 7) is -0.704. The molecule has 24 heavy (non-hydrogen) atoms. The van der Waals surface area contributed by atoms with E-state index in [2.05, 4.69) is 0 Å². The average molecular weight is 348 g/mol. The van der Waals surface area contributed by atoms with E-state index in [4.69, 9.17) is 5.11 Å². The van der Waals surface area contributed by atoms with E-state index in [0.29, 0.717) is 5.56 Å². The summed E-state index contributed by atoms with van der Waals surface area (Å²) in [7, 11) is 0. The third kappa shape index (κ3) is 4.22. The molecule has 2 N–H and O–H groups in total. The Kier molecular flexibility index (Phi) is 5.43. The first-order chi connectivity index (χ1) is 11.2. The van der Waals surface area contributed by atoms with Crippen LogP contribution in [0.25, 0.3) is 0 Å². The molecule has 9 heteroatoms. The van der Waals surface area contributed by atoms with Crippen molar-refractivity contribution in [3.63, 3.8) is 0 Å². The lowest BCUT2D eigenvalue weighted by Crippen LogP contribution is -2.55. The van der Waals surface area contributed by atoms with Gasteiger partial charge in [-0.3, -0.25) is 9.59 Å². The monoisotopic (exact) mass is 348 g/mol. The van der Waals surface area contributed by atoms with E-state index in [9.17, 15) is 27.2 Å². The van der Waals surface area contributed by atoms with Gasteiger partial charge in [0.1, 0.15) is 12.4 Å². The van der Waals surface area contributed by atoms with Crippen LogP contribution in [-0.2, 0) is 9.59 Å². The maximum Gasteiger partial charge on any atom is 0.471 e. The van der Waals surface area contributed by atoms with Crippen molar-refractivity contribution in [2.75, 3.05) is 19.7 Å². The van der Waals surface area contributed by atoms with Crippen LogP contribution in [0.1, 0.15) is 17.9 Å². The number of hydrogen-bond donors (Lipinski definition) is 2. The molecule has 0 saturated carbocycles. The zero-order chi connectivity index (χ0) is 17.9. The lowest BCUT2D eigenvalue weighted by Gasteiger charge is -2.39. The van der Waals surface area contributed by atoms with Crippen LogP contribution in [0.2, 0.25) is 0 Å². The summed E-state index contributed by atoms with van der Waals surface area (Å²) >= 11 is 0. The second-order valence-corrected chi connectivity index (χ2v) is 5.52. The van der Waals surface area contributed by atoms with E-state index in [1.54, 1.807) is 0 Å². The normalized spacial score (nSPS) is 21.5. The van der Waals surface area contributed by atoms with Gasteiger partial charge in [-0.05, 0) is 24.1 Å². The molecule has 1 aromatic rings. The number of alkyl halides is 3. The number of hydrogen-bond acceptors (Lipinski definition) is 3. The van der Waals surface area contributed by atoms with Crippen LogP contribution in [0.4, 0.5) is 17.6 Å². The van der Waals surface area contributed by atoms with E-state index in [-0.39, 0.29) is 19.5 Å². The summed E-state index contributed by atoms with van der Waals surface area (Å²) in [5.41, 5.74) is 0.569. The molecule has 0 aliphatic carbocycles. The largest absolute Gasteiger partial charge is 0.471 e. The number of aliphatic hydroxyl groups excluding tert-OH is 1. The number of halogens is 4. The molecule has 1 heterocycles. The summed E-state index contributed by atoms with van der Waals surface area (Å²) in [4.78, 5) is 24.0. The standard InChI is InChI=1S/C15H16F4N2O3/c16-10-3-1-9(2-4-10)11-5-6-21(13(23)8-22)7-12(11)20-14(24)15(17,18)19/h1-4,11-12,22H,5-8H2,(H,20,24)/t11-,12-/m1/s1. The molecule has 2 atom stereocenters. The van der Waals surface area contributed by atoms with Crippen LogP contribution in [-0.4, -0.2) is 53.7 Å². The number of aliphatic hydroxyl groups is 1. The number of nitrogens with zero attached hydrogens (tertiary/aromatic N) is 1. The Labute approximate surface area is 135 Å². The molecular formula is C15H16F4N2O3. The molecule has 132 valence electrons. The van der Waals surface area contributed by atoms with Crippen LogP contribution in [0.5, 0.6) is 0 Å².